The predicted octanol–water partition coefficient (Wildman–Crippen LogP) is 2.67. The fraction of sp³-hybridized carbons (Fsp3) is 0.381. The summed E-state index contributed by atoms with van der Waals surface area (Å²) in [6, 6.07) is 6.90. The van der Waals surface area contributed by atoms with Crippen molar-refractivity contribution in [2.45, 2.75) is 39.7 Å². The minimum atomic E-state index is -0.526. The summed E-state index contributed by atoms with van der Waals surface area (Å²) in [5.74, 6) is 0.273. The molecule has 0 unspecified atom stereocenters. The molecule has 0 amide bonds. The molecule has 0 N–H and O–H groups in total. The number of ether oxygens (including phenoxy) is 2. The zero-order valence-electron chi connectivity index (χ0n) is 16.5. The zero-order chi connectivity index (χ0) is 20.3. The molecule has 0 saturated heterocycles. The van der Waals surface area contributed by atoms with Crippen LogP contribution in [0.5, 0.6) is 5.75 Å². The van der Waals surface area contributed by atoms with E-state index >= 15 is 0 Å². The van der Waals surface area contributed by atoms with E-state index in [-0.39, 0.29) is 12.2 Å². The highest BCUT2D eigenvalue weighted by molar-refractivity contribution is 7.07. The Morgan fingerprint density at radius 2 is 2.00 bits per heavy atom. The second-order valence-corrected chi connectivity index (χ2v) is 7.42. The molecule has 0 spiro atoms. The molecule has 2 aromatic rings. The van der Waals surface area contributed by atoms with Gasteiger partial charge in [-0.2, -0.15) is 0 Å². The minimum absolute atomic E-state index is 0.135. The highest BCUT2D eigenvalue weighted by Gasteiger charge is 2.31. The summed E-state index contributed by atoms with van der Waals surface area (Å²) in [6.45, 7) is 5.86. The number of fused-ring (bicyclic) bond motifs is 1. The fourth-order valence-electron chi connectivity index (χ4n) is 3.16. The molecule has 1 aromatic heterocycles. The third kappa shape index (κ3) is 3.67. The number of aromatic nitrogens is 1. The molecule has 6 nitrogen and oxygen atoms in total. The number of thiazole rings is 1. The lowest BCUT2D eigenvalue weighted by atomic mass is 9.96. The second kappa shape index (κ2) is 8.56. The molecule has 28 heavy (non-hydrogen) atoms. The Labute approximate surface area is 167 Å². The Balaban J connectivity index is 2.23. The van der Waals surface area contributed by atoms with Gasteiger partial charge in [0.15, 0.2) is 4.80 Å². The van der Waals surface area contributed by atoms with Gasteiger partial charge in [-0.25, -0.2) is 9.79 Å². The van der Waals surface area contributed by atoms with E-state index in [4.69, 9.17) is 14.5 Å². The van der Waals surface area contributed by atoms with Crippen molar-refractivity contribution >= 4 is 29.1 Å². The first-order valence-electron chi connectivity index (χ1n) is 9.33. The third-order valence-electron chi connectivity index (χ3n) is 4.59. The monoisotopic (exact) mass is 400 g/mol. The first-order chi connectivity index (χ1) is 13.5. The minimum Gasteiger partial charge on any atom is -0.497 e. The molecule has 148 valence electrons. The average molecular weight is 401 g/mol. The summed E-state index contributed by atoms with van der Waals surface area (Å²) < 4.78 is 12.7. The van der Waals surface area contributed by atoms with Crippen LogP contribution in [-0.2, 0) is 9.53 Å². The standard InChI is InChI=1S/C21H24N2O4S/c1-5-7-8-16-19(24)23-13(3)17(20(25)27-6-2)18(22-21(23)28-16)14-9-11-15(26-4)12-10-14/h8-12,18H,5-7H2,1-4H3/b16-8-/t18-/m0/s1. The summed E-state index contributed by atoms with van der Waals surface area (Å²) in [7, 11) is 1.60. The summed E-state index contributed by atoms with van der Waals surface area (Å²) >= 11 is 1.36. The van der Waals surface area contributed by atoms with Gasteiger partial charge in [-0.1, -0.05) is 42.9 Å². The van der Waals surface area contributed by atoms with Crippen molar-refractivity contribution in [3.05, 3.63) is 55.1 Å². The first kappa shape index (κ1) is 20.1. The van der Waals surface area contributed by atoms with Gasteiger partial charge in [-0.3, -0.25) is 9.36 Å². The zero-order valence-corrected chi connectivity index (χ0v) is 17.3. The molecule has 1 aliphatic rings. The molecule has 2 heterocycles. The molecule has 0 fully saturated rings. The number of esters is 1. The number of benzene rings is 1. The number of carbonyl (C=O) groups excluding carboxylic acids is 1. The van der Waals surface area contributed by atoms with Crippen molar-refractivity contribution in [1.82, 2.24) is 4.57 Å². The second-order valence-electron chi connectivity index (χ2n) is 6.41. The van der Waals surface area contributed by atoms with Crippen LogP contribution in [0.1, 0.15) is 45.2 Å². The smallest absolute Gasteiger partial charge is 0.338 e. The quantitative estimate of drug-likeness (QED) is 0.699. The van der Waals surface area contributed by atoms with Gasteiger partial charge < -0.3 is 9.47 Å². The van der Waals surface area contributed by atoms with E-state index < -0.39 is 12.0 Å². The maximum Gasteiger partial charge on any atom is 0.338 e. The number of carbonyl (C=O) groups is 1. The van der Waals surface area contributed by atoms with Crippen molar-refractivity contribution in [2.75, 3.05) is 13.7 Å². The van der Waals surface area contributed by atoms with Crippen LogP contribution in [0.2, 0.25) is 0 Å². The van der Waals surface area contributed by atoms with Crippen LogP contribution in [0.25, 0.3) is 11.8 Å². The summed E-state index contributed by atoms with van der Waals surface area (Å²) in [5, 5.41) is 0. The molecule has 7 heteroatoms. The van der Waals surface area contributed by atoms with Crippen LogP contribution in [-0.4, -0.2) is 24.3 Å². The van der Waals surface area contributed by atoms with Crippen LogP contribution >= 0.6 is 11.3 Å². The van der Waals surface area contributed by atoms with E-state index in [9.17, 15) is 9.59 Å². The summed E-state index contributed by atoms with van der Waals surface area (Å²) in [4.78, 5) is 30.9. The molecule has 1 aromatic carbocycles. The van der Waals surface area contributed by atoms with E-state index in [0.717, 1.165) is 24.2 Å². The topological polar surface area (TPSA) is 69.9 Å². The van der Waals surface area contributed by atoms with Gasteiger partial charge in [-0.15, -0.1) is 0 Å². The van der Waals surface area contributed by atoms with Crippen molar-refractivity contribution in [2.24, 2.45) is 4.99 Å². The van der Waals surface area contributed by atoms with Crippen LogP contribution in [0.15, 0.2) is 39.6 Å². The van der Waals surface area contributed by atoms with Gasteiger partial charge in [0, 0.05) is 5.70 Å². The van der Waals surface area contributed by atoms with E-state index in [2.05, 4.69) is 6.92 Å². The molecule has 1 atom stereocenters. The molecule has 0 saturated carbocycles. The Bertz CT molecular complexity index is 1080. The molecule has 3 rings (SSSR count). The molecule has 0 radical (unpaired) electrons. The SMILES string of the molecule is CCC/C=c1\sc2n(c1=O)C(C)=C(C(=O)OCC)[C@H](c1ccc(OC)cc1)N=2. The number of nitrogens with zero attached hydrogens (tertiary/aromatic N) is 2. The predicted molar refractivity (Wildman–Crippen MR) is 110 cm³/mol. The lowest BCUT2D eigenvalue weighted by molar-refractivity contribution is -0.138. The van der Waals surface area contributed by atoms with Gasteiger partial charge in [0.25, 0.3) is 5.56 Å². The highest BCUT2D eigenvalue weighted by atomic mass is 32.1. The lowest BCUT2D eigenvalue weighted by Crippen LogP contribution is -2.35. The van der Waals surface area contributed by atoms with Crippen molar-refractivity contribution in [3.8, 4) is 5.75 Å². The number of hydrogen-bond donors (Lipinski definition) is 0. The molecule has 0 bridgehead atoms. The van der Waals surface area contributed by atoms with Crippen LogP contribution < -0.4 is 19.6 Å². The molecule has 1 aliphatic heterocycles. The number of methoxy groups -OCH3 is 1. The molecule has 0 aliphatic carbocycles. The largest absolute Gasteiger partial charge is 0.497 e. The van der Waals surface area contributed by atoms with Crippen molar-refractivity contribution < 1.29 is 14.3 Å². The average Bonchev–Trinajstić information content (AvgIpc) is 3.02. The Morgan fingerprint density at radius 1 is 1.29 bits per heavy atom. The normalized spacial score (nSPS) is 16.6. The van der Waals surface area contributed by atoms with Crippen LogP contribution in [0.3, 0.4) is 0 Å². The van der Waals surface area contributed by atoms with Gasteiger partial charge in [-0.05, 0) is 38.0 Å². The van der Waals surface area contributed by atoms with Gasteiger partial charge in [0.1, 0.15) is 11.8 Å². The fourth-order valence-corrected chi connectivity index (χ4v) is 4.20. The number of unbranched alkanes of at least 4 members (excludes halogenated alkanes) is 1. The Hall–Kier alpha value is -2.67. The van der Waals surface area contributed by atoms with Gasteiger partial charge >= 0.3 is 5.97 Å². The van der Waals surface area contributed by atoms with Crippen molar-refractivity contribution in [3.63, 3.8) is 0 Å². The maximum atomic E-state index is 12.9. The van der Waals surface area contributed by atoms with E-state index in [1.807, 2.05) is 30.3 Å². The van der Waals surface area contributed by atoms with Crippen molar-refractivity contribution in [1.29, 1.82) is 0 Å². The van der Waals surface area contributed by atoms with E-state index in [1.165, 1.54) is 15.9 Å². The van der Waals surface area contributed by atoms with E-state index in [1.54, 1.807) is 21.0 Å². The Kier molecular flexibility index (Phi) is 6.14. The lowest BCUT2D eigenvalue weighted by Gasteiger charge is -2.22. The van der Waals surface area contributed by atoms with E-state index in [0.29, 0.717) is 20.6 Å². The van der Waals surface area contributed by atoms with Gasteiger partial charge in [0.2, 0.25) is 0 Å². The summed E-state index contributed by atoms with van der Waals surface area (Å²) in [6.07, 6.45) is 3.72. The summed E-state index contributed by atoms with van der Waals surface area (Å²) in [5.41, 5.74) is 1.67. The van der Waals surface area contributed by atoms with Crippen LogP contribution in [0, 0.1) is 0 Å². The Morgan fingerprint density at radius 3 is 2.61 bits per heavy atom. The number of allylic oxidation sites excluding steroid dienone is 1. The third-order valence-corrected chi connectivity index (χ3v) is 5.62. The maximum absolute atomic E-state index is 12.9. The van der Waals surface area contributed by atoms with Crippen LogP contribution in [0.4, 0.5) is 0 Å². The molecular weight excluding hydrogens is 376 g/mol. The van der Waals surface area contributed by atoms with Gasteiger partial charge in [0.05, 0.1) is 23.8 Å². The molecular formula is C21H24N2O4S. The first-order valence-corrected chi connectivity index (χ1v) is 10.2. The number of hydrogen-bond acceptors (Lipinski definition) is 6. The highest BCUT2D eigenvalue weighted by Crippen LogP contribution is 2.33. The number of rotatable bonds is 6.